The Hall–Kier alpha value is -2.12. The van der Waals surface area contributed by atoms with Gasteiger partial charge in [-0.25, -0.2) is 4.79 Å². The molecule has 0 bridgehead atoms. The summed E-state index contributed by atoms with van der Waals surface area (Å²) >= 11 is 12.1. The first-order valence-electron chi connectivity index (χ1n) is 7.95. The van der Waals surface area contributed by atoms with Gasteiger partial charge in [0.25, 0.3) is 5.91 Å². The highest BCUT2D eigenvalue weighted by Gasteiger charge is 2.50. The van der Waals surface area contributed by atoms with Crippen LogP contribution >= 0.6 is 23.2 Å². The summed E-state index contributed by atoms with van der Waals surface area (Å²) in [6, 6.07) is 4.21. The lowest BCUT2D eigenvalue weighted by molar-refractivity contribution is -0.131. The van der Waals surface area contributed by atoms with Crippen LogP contribution in [0.5, 0.6) is 0 Å². The molecule has 1 aliphatic heterocycles. The molecule has 9 heteroatoms. The van der Waals surface area contributed by atoms with Crippen molar-refractivity contribution in [3.63, 3.8) is 0 Å². The predicted molar refractivity (Wildman–Crippen MR) is 95.9 cm³/mol. The number of hydrogen-bond acceptors (Lipinski definition) is 5. The maximum atomic E-state index is 12.9. The number of carbonyl (C=O) groups excluding carboxylic acids is 2. The van der Waals surface area contributed by atoms with Crippen LogP contribution in [0.3, 0.4) is 0 Å². The Labute approximate surface area is 160 Å². The average molecular weight is 397 g/mol. The van der Waals surface area contributed by atoms with Gasteiger partial charge in [-0.2, -0.15) is 4.98 Å². The molecular weight excluding hydrogens is 379 g/mol. The minimum absolute atomic E-state index is 0.117. The van der Waals surface area contributed by atoms with Crippen molar-refractivity contribution in [1.29, 1.82) is 0 Å². The molecular formula is C17H18Cl2N4O3. The van der Waals surface area contributed by atoms with Gasteiger partial charge in [-0.05, 0) is 19.1 Å². The second-order valence-corrected chi connectivity index (χ2v) is 8.18. The normalized spacial score (nSPS) is 20.6. The van der Waals surface area contributed by atoms with E-state index in [1.54, 1.807) is 19.1 Å². The maximum Gasteiger partial charge on any atom is 0.325 e. The van der Waals surface area contributed by atoms with Crippen molar-refractivity contribution in [3.05, 3.63) is 45.5 Å². The van der Waals surface area contributed by atoms with Crippen LogP contribution < -0.4 is 5.32 Å². The number of halogens is 2. The standard InChI is InChI=1S/C17H18Cl2N4O3/c1-16(2,3)13-20-12(26-22-13)8-23-14(24)17(4,21-15(23)25)10-6-5-9(18)7-11(10)19/h5-7H,8H2,1-4H3,(H,21,25). The minimum Gasteiger partial charge on any atom is -0.337 e. The zero-order valence-electron chi connectivity index (χ0n) is 14.8. The summed E-state index contributed by atoms with van der Waals surface area (Å²) in [6.45, 7) is 7.30. The van der Waals surface area contributed by atoms with Crippen LogP contribution in [0.25, 0.3) is 0 Å². The number of carbonyl (C=O) groups is 2. The molecule has 3 amide bonds. The molecule has 0 aliphatic carbocycles. The van der Waals surface area contributed by atoms with Gasteiger partial charge in [-0.3, -0.25) is 9.69 Å². The fraction of sp³-hybridized carbons (Fsp3) is 0.412. The Morgan fingerprint density at radius 1 is 1.27 bits per heavy atom. The average Bonchev–Trinajstić information content (AvgIpc) is 3.07. The molecule has 26 heavy (non-hydrogen) atoms. The summed E-state index contributed by atoms with van der Waals surface area (Å²) in [5.74, 6) is 0.232. The second kappa shape index (κ2) is 6.25. The van der Waals surface area contributed by atoms with Crippen molar-refractivity contribution < 1.29 is 14.1 Å². The van der Waals surface area contributed by atoms with E-state index in [0.717, 1.165) is 4.90 Å². The number of imide groups is 1. The van der Waals surface area contributed by atoms with Crippen LogP contribution in [0, 0.1) is 0 Å². The van der Waals surface area contributed by atoms with E-state index in [4.69, 9.17) is 27.7 Å². The molecule has 2 heterocycles. The predicted octanol–water partition coefficient (Wildman–Crippen LogP) is 3.64. The summed E-state index contributed by atoms with van der Waals surface area (Å²) in [6.07, 6.45) is 0. The van der Waals surface area contributed by atoms with Gasteiger partial charge < -0.3 is 9.84 Å². The molecule has 138 valence electrons. The van der Waals surface area contributed by atoms with Crippen molar-refractivity contribution in [3.8, 4) is 0 Å². The molecule has 7 nitrogen and oxygen atoms in total. The molecule has 2 aromatic rings. The number of amides is 3. The molecule has 1 aromatic carbocycles. The Balaban J connectivity index is 1.88. The van der Waals surface area contributed by atoms with Gasteiger partial charge in [-0.15, -0.1) is 0 Å². The number of nitrogens with one attached hydrogen (secondary N) is 1. The molecule has 0 saturated carbocycles. The molecule has 0 radical (unpaired) electrons. The van der Waals surface area contributed by atoms with E-state index in [9.17, 15) is 9.59 Å². The number of hydrogen-bond donors (Lipinski definition) is 1. The molecule has 3 rings (SSSR count). The van der Waals surface area contributed by atoms with E-state index in [0.29, 0.717) is 21.4 Å². The first kappa shape index (κ1) is 18.7. The number of benzene rings is 1. The summed E-state index contributed by atoms with van der Waals surface area (Å²) < 4.78 is 5.18. The van der Waals surface area contributed by atoms with Crippen LogP contribution in [0.1, 0.15) is 45.0 Å². The summed E-state index contributed by atoms with van der Waals surface area (Å²) in [7, 11) is 0. The zero-order chi connectivity index (χ0) is 19.3. The van der Waals surface area contributed by atoms with E-state index in [1.165, 1.54) is 6.07 Å². The highest BCUT2D eigenvalue weighted by molar-refractivity contribution is 6.35. The lowest BCUT2D eigenvalue weighted by atomic mass is 9.92. The first-order chi connectivity index (χ1) is 12.0. The maximum absolute atomic E-state index is 12.9. The molecule has 1 aliphatic rings. The van der Waals surface area contributed by atoms with Crippen LogP contribution in [-0.4, -0.2) is 27.0 Å². The van der Waals surface area contributed by atoms with Crippen molar-refractivity contribution in [2.75, 3.05) is 0 Å². The fourth-order valence-corrected chi connectivity index (χ4v) is 3.27. The lowest BCUT2D eigenvalue weighted by Crippen LogP contribution is -2.41. The van der Waals surface area contributed by atoms with Gasteiger partial charge in [0.1, 0.15) is 12.1 Å². The number of aromatic nitrogens is 2. The highest BCUT2D eigenvalue weighted by Crippen LogP contribution is 2.35. The van der Waals surface area contributed by atoms with Crippen LogP contribution in [0.15, 0.2) is 22.7 Å². The van der Waals surface area contributed by atoms with E-state index in [-0.39, 0.29) is 17.9 Å². The number of urea groups is 1. The van der Waals surface area contributed by atoms with E-state index in [2.05, 4.69) is 15.5 Å². The van der Waals surface area contributed by atoms with E-state index in [1.807, 2.05) is 20.8 Å². The van der Waals surface area contributed by atoms with Gasteiger partial charge in [0.2, 0.25) is 5.89 Å². The molecule has 1 fully saturated rings. The smallest absolute Gasteiger partial charge is 0.325 e. The van der Waals surface area contributed by atoms with Crippen LogP contribution in [0.2, 0.25) is 10.0 Å². The summed E-state index contributed by atoms with van der Waals surface area (Å²) in [5, 5.41) is 7.33. The van der Waals surface area contributed by atoms with Gasteiger partial charge in [-0.1, -0.05) is 55.2 Å². The first-order valence-corrected chi connectivity index (χ1v) is 8.70. The van der Waals surface area contributed by atoms with Crippen molar-refractivity contribution >= 4 is 35.1 Å². The molecule has 1 saturated heterocycles. The lowest BCUT2D eigenvalue weighted by Gasteiger charge is -2.23. The Morgan fingerprint density at radius 3 is 2.54 bits per heavy atom. The summed E-state index contributed by atoms with van der Waals surface area (Å²) in [4.78, 5) is 30.6. The second-order valence-electron chi connectivity index (χ2n) is 7.33. The van der Waals surface area contributed by atoms with E-state index >= 15 is 0 Å². The molecule has 1 N–H and O–H groups in total. The van der Waals surface area contributed by atoms with Crippen molar-refractivity contribution in [2.45, 2.75) is 45.2 Å². The Bertz CT molecular complexity index is 890. The fourth-order valence-electron chi connectivity index (χ4n) is 2.68. The third-order valence-electron chi connectivity index (χ3n) is 4.18. The monoisotopic (exact) mass is 396 g/mol. The zero-order valence-corrected chi connectivity index (χ0v) is 16.3. The molecule has 1 aromatic heterocycles. The van der Waals surface area contributed by atoms with Gasteiger partial charge >= 0.3 is 6.03 Å². The topological polar surface area (TPSA) is 88.3 Å². The Morgan fingerprint density at radius 2 is 1.96 bits per heavy atom. The minimum atomic E-state index is -1.30. The molecule has 0 spiro atoms. The van der Waals surface area contributed by atoms with E-state index < -0.39 is 17.5 Å². The number of rotatable bonds is 3. The number of nitrogens with zero attached hydrogens (tertiary/aromatic N) is 3. The quantitative estimate of drug-likeness (QED) is 0.799. The van der Waals surface area contributed by atoms with Crippen molar-refractivity contribution in [1.82, 2.24) is 20.4 Å². The third-order valence-corrected chi connectivity index (χ3v) is 4.72. The highest BCUT2D eigenvalue weighted by atomic mass is 35.5. The van der Waals surface area contributed by atoms with Gasteiger partial charge in [0.15, 0.2) is 5.82 Å². The third kappa shape index (κ3) is 3.17. The van der Waals surface area contributed by atoms with Gasteiger partial charge in [0, 0.05) is 21.0 Å². The molecule has 1 unspecified atom stereocenters. The SMILES string of the molecule is CC(C)(C)c1noc(CN2C(=O)NC(C)(c3ccc(Cl)cc3Cl)C2=O)n1. The van der Waals surface area contributed by atoms with Gasteiger partial charge in [0.05, 0.1) is 0 Å². The Kier molecular flexibility index (Phi) is 4.48. The van der Waals surface area contributed by atoms with Crippen LogP contribution in [-0.2, 0) is 22.3 Å². The van der Waals surface area contributed by atoms with Crippen molar-refractivity contribution in [2.24, 2.45) is 0 Å². The van der Waals surface area contributed by atoms with Crippen LogP contribution in [0.4, 0.5) is 4.79 Å². The molecule has 1 atom stereocenters. The largest absolute Gasteiger partial charge is 0.337 e. The summed E-state index contributed by atoms with van der Waals surface area (Å²) in [5.41, 5.74) is -1.14.